The predicted molar refractivity (Wildman–Crippen MR) is 101 cm³/mol. The van der Waals surface area contributed by atoms with Gasteiger partial charge in [0.15, 0.2) is 6.29 Å². The van der Waals surface area contributed by atoms with Crippen LogP contribution in [0.1, 0.15) is 39.5 Å². The summed E-state index contributed by atoms with van der Waals surface area (Å²) in [5.41, 5.74) is 0. The van der Waals surface area contributed by atoms with Crippen LogP contribution in [0.3, 0.4) is 0 Å². The summed E-state index contributed by atoms with van der Waals surface area (Å²) in [7, 11) is 4.14. The van der Waals surface area contributed by atoms with Crippen LogP contribution in [-0.2, 0) is 14.2 Å². The van der Waals surface area contributed by atoms with Gasteiger partial charge in [0.2, 0.25) is 0 Å². The number of likely N-dealkylation sites (N-methyl/N-ethyl adjacent to an activating group) is 1. The van der Waals surface area contributed by atoms with E-state index in [1.807, 2.05) is 6.92 Å². The number of unbranched alkanes of at least 4 members (excludes halogenated alkanes) is 2. The van der Waals surface area contributed by atoms with E-state index in [1.165, 1.54) is 0 Å². The smallest absolute Gasteiger partial charge is 0.186 e. The van der Waals surface area contributed by atoms with Crippen LogP contribution in [0.15, 0.2) is 0 Å². The molecule has 0 aromatic carbocycles. The maximum atomic E-state index is 10.2. The summed E-state index contributed by atoms with van der Waals surface area (Å²) in [6.07, 6.45) is -2.46. The van der Waals surface area contributed by atoms with E-state index in [9.17, 15) is 20.4 Å². The summed E-state index contributed by atoms with van der Waals surface area (Å²) in [5.74, 6) is 0. The van der Waals surface area contributed by atoms with Gasteiger partial charge in [-0.15, -0.1) is 0 Å². The highest BCUT2D eigenvalue weighted by molar-refractivity contribution is 4.89. The second-order valence-corrected chi connectivity index (χ2v) is 8.13. The minimum atomic E-state index is -1.37. The number of halogens is 1. The van der Waals surface area contributed by atoms with Crippen molar-refractivity contribution in [3.63, 3.8) is 0 Å². The molecule has 0 aliphatic carbocycles. The maximum Gasteiger partial charge on any atom is 0.186 e. The zero-order valence-corrected chi connectivity index (χ0v) is 18.4. The molecule has 0 aromatic rings. The minimum Gasteiger partial charge on any atom is -1.00 e. The second kappa shape index (κ2) is 14.1. The molecule has 0 saturated carbocycles. The lowest BCUT2D eigenvalue weighted by molar-refractivity contribution is -0.893. The molecule has 1 saturated heterocycles. The number of hydrogen-bond acceptors (Lipinski definition) is 7. The normalized spacial score (nSPS) is 29.4. The number of ether oxygens (including phenoxy) is 3. The first kappa shape index (κ1) is 28.0. The Morgan fingerprint density at radius 3 is 2.25 bits per heavy atom. The molecule has 4 N–H and O–H groups in total. The van der Waals surface area contributed by atoms with E-state index < -0.39 is 36.8 Å². The van der Waals surface area contributed by atoms with Crippen molar-refractivity contribution in [3.05, 3.63) is 0 Å². The van der Waals surface area contributed by atoms with Crippen LogP contribution < -0.4 is 12.4 Å². The highest BCUT2D eigenvalue weighted by Gasteiger charge is 2.44. The van der Waals surface area contributed by atoms with E-state index in [0.717, 1.165) is 32.2 Å². The first-order chi connectivity index (χ1) is 12.7. The van der Waals surface area contributed by atoms with Crippen LogP contribution >= 0.6 is 0 Å². The second-order valence-electron chi connectivity index (χ2n) is 8.13. The van der Waals surface area contributed by atoms with Gasteiger partial charge in [-0.25, -0.2) is 0 Å². The predicted octanol–water partition coefficient (Wildman–Crippen LogP) is -3.13. The van der Waals surface area contributed by atoms with Gasteiger partial charge < -0.3 is 51.5 Å². The van der Waals surface area contributed by atoms with E-state index in [4.69, 9.17) is 14.2 Å². The zero-order chi connectivity index (χ0) is 20.4. The van der Waals surface area contributed by atoms with Gasteiger partial charge in [0.25, 0.3) is 0 Å². The average Bonchev–Trinajstić information content (AvgIpc) is 2.61. The Balaban J connectivity index is 0.00000729. The molecule has 1 unspecified atom stereocenters. The van der Waals surface area contributed by atoms with Crippen LogP contribution in [0.25, 0.3) is 0 Å². The van der Waals surface area contributed by atoms with Crippen LogP contribution in [-0.4, -0.2) is 109 Å². The quantitative estimate of drug-likeness (QED) is 0.181. The Morgan fingerprint density at radius 1 is 1.00 bits per heavy atom. The number of rotatable bonds is 13. The Hall–Kier alpha value is -0.0300. The maximum absolute atomic E-state index is 10.2. The van der Waals surface area contributed by atoms with Crippen molar-refractivity contribution >= 4 is 0 Å². The highest BCUT2D eigenvalue weighted by Crippen LogP contribution is 2.22. The van der Waals surface area contributed by atoms with E-state index >= 15 is 0 Å². The van der Waals surface area contributed by atoms with Gasteiger partial charge >= 0.3 is 0 Å². The van der Waals surface area contributed by atoms with Crippen LogP contribution in [0.4, 0.5) is 0 Å². The van der Waals surface area contributed by atoms with Gasteiger partial charge in [-0.2, -0.15) is 0 Å². The first-order valence-electron chi connectivity index (χ1n) is 10.1. The molecular weight excluding hydrogens is 390 g/mol. The lowest BCUT2D eigenvalue weighted by Crippen LogP contribution is -3.00. The fraction of sp³-hybridized carbons (Fsp3) is 1.00. The molecule has 1 rings (SSSR count). The van der Waals surface area contributed by atoms with E-state index in [-0.39, 0.29) is 25.6 Å². The van der Waals surface area contributed by atoms with E-state index in [0.29, 0.717) is 17.6 Å². The third-order valence-corrected chi connectivity index (χ3v) is 4.86. The monoisotopic (exact) mass is 429 g/mol. The van der Waals surface area contributed by atoms with Crippen LogP contribution in [0, 0.1) is 0 Å². The van der Waals surface area contributed by atoms with Gasteiger partial charge in [0.05, 0.1) is 33.9 Å². The molecule has 1 fully saturated rings. The Bertz CT molecular complexity index is 402. The molecule has 6 atom stereocenters. The van der Waals surface area contributed by atoms with Gasteiger partial charge in [-0.1, -0.05) is 26.7 Å². The largest absolute Gasteiger partial charge is 1.00 e. The van der Waals surface area contributed by atoms with Crippen molar-refractivity contribution < 1.29 is 51.5 Å². The molecule has 0 bridgehead atoms. The van der Waals surface area contributed by atoms with E-state index in [2.05, 4.69) is 21.0 Å². The summed E-state index contributed by atoms with van der Waals surface area (Å²) in [4.78, 5) is 0. The minimum absolute atomic E-state index is 0. The Kier molecular flexibility index (Phi) is 14.0. The molecule has 170 valence electrons. The Morgan fingerprint density at radius 2 is 1.64 bits per heavy atom. The molecule has 1 heterocycles. The van der Waals surface area contributed by atoms with Crippen molar-refractivity contribution in [2.45, 2.75) is 76.3 Å². The lowest BCUT2D eigenvalue weighted by Gasteiger charge is -2.40. The standard InChI is InChI=1S/C19H40NO7.ClH/c1-5-7-9-20(3,4)11-14(21)12-25-13-15-16(22)17(23)18(24)19(27-15)26-10-8-6-2;/h14-19,21-24H,5-13H2,1-4H3;1H/q+1;/p-1/t14?,15-,16-,17+,18-,19-;/m1./s1. The molecule has 0 aromatic heterocycles. The third kappa shape index (κ3) is 9.65. The van der Waals surface area contributed by atoms with Crippen LogP contribution in [0.2, 0.25) is 0 Å². The molecule has 8 nitrogen and oxygen atoms in total. The van der Waals surface area contributed by atoms with Crippen molar-refractivity contribution in [3.8, 4) is 0 Å². The van der Waals surface area contributed by atoms with Crippen molar-refractivity contribution in [1.29, 1.82) is 0 Å². The molecule has 0 amide bonds. The number of quaternary nitrogens is 1. The van der Waals surface area contributed by atoms with Crippen LogP contribution in [0.5, 0.6) is 0 Å². The zero-order valence-electron chi connectivity index (χ0n) is 17.7. The van der Waals surface area contributed by atoms with Gasteiger partial charge in [-0.3, -0.25) is 0 Å². The SMILES string of the molecule is CCCCO[C@@H]1O[C@H](COCC(O)C[N+](C)(C)CCCC)[C@@H](O)[C@H](O)[C@H]1O.[Cl-]. The third-order valence-electron chi connectivity index (χ3n) is 4.86. The molecule has 0 spiro atoms. The van der Waals surface area contributed by atoms with Gasteiger partial charge in [-0.05, 0) is 12.8 Å². The number of nitrogens with zero attached hydrogens (tertiary/aromatic N) is 1. The molecule has 1 aliphatic rings. The molecule has 1 aliphatic heterocycles. The summed E-state index contributed by atoms with van der Waals surface area (Å²) >= 11 is 0. The summed E-state index contributed by atoms with van der Waals surface area (Å²) < 4.78 is 17.3. The molecule has 9 heteroatoms. The number of aliphatic hydroxyl groups excluding tert-OH is 4. The van der Waals surface area contributed by atoms with Gasteiger partial charge in [0.1, 0.15) is 37.1 Å². The summed E-state index contributed by atoms with van der Waals surface area (Å²) in [6, 6.07) is 0. The summed E-state index contributed by atoms with van der Waals surface area (Å²) in [6.45, 7) is 6.22. The fourth-order valence-electron chi connectivity index (χ4n) is 3.16. The lowest BCUT2D eigenvalue weighted by atomic mass is 9.99. The Labute approximate surface area is 175 Å². The van der Waals surface area contributed by atoms with Crippen molar-refractivity contribution in [2.75, 3.05) is 47.0 Å². The molecular formula is C19H40ClNO7. The molecule has 0 radical (unpaired) electrons. The number of aliphatic hydroxyl groups is 4. The first-order valence-corrected chi connectivity index (χ1v) is 10.1. The average molecular weight is 430 g/mol. The fourth-order valence-corrected chi connectivity index (χ4v) is 3.16. The molecule has 28 heavy (non-hydrogen) atoms. The van der Waals surface area contributed by atoms with E-state index in [1.54, 1.807) is 0 Å². The van der Waals surface area contributed by atoms with Gasteiger partial charge in [0, 0.05) is 6.61 Å². The van der Waals surface area contributed by atoms with Crippen molar-refractivity contribution in [1.82, 2.24) is 0 Å². The summed E-state index contributed by atoms with van der Waals surface area (Å²) in [5, 5.41) is 40.3. The number of hydrogen-bond donors (Lipinski definition) is 4. The van der Waals surface area contributed by atoms with Crippen molar-refractivity contribution in [2.24, 2.45) is 0 Å². The topological polar surface area (TPSA) is 109 Å². The highest BCUT2D eigenvalue weighted by atomic mass is 35.5.